The molecule has 0 aliphatic carbocycles. The van der Waals surface area contributed by atoms with E-state index >= 15 is 0 Å². The van der Waals surface area contributed by atoms with Gasteiger partial charge in [-0.3, -0.25) is 0 Å². The Kier molecular flexibility index (Phi) is 6.02. The highest BCUT2D eigenvalue weighted by atomic mass is 16.5. The molecule has 11 nitrogen and oxygen atoms in total. The number of nitriles is 1. The number of aliphatic hydroxyl groups is 1. The molecule has 7 heterocycles. The van der Waals surface area contributed by atoms with E-state index in [1.165, 1.54) is 0 Å². The molecule has 3 aromatic rings. The summed E-state index contributed by atoms with van der Waals surface area (Å²) in [7, 11) is 0. The van der Waals surface area contributed by atoms with E-state index in [2.05, 4.69) is 28.9 Å². The highest BCUT2D eigenvalue weighted by Crippen LogP contribution is 2.41. The Balaban J connectivity index is 1.38. The lowest BCUT2D eigenvalue weighted by Crippen LogP contribution is -2.48. The quantitative estimate of drug-likeness (QED) is 0.540. The van der Waals surface area contributed by atoms with E-state index in [4.69, 9.17) is 24.7 Å². The van der Waals surface area contributed by atoms with Crippen LogP contribution in [-0.2, 0) is 9.47 Å². The predicted molar refractivity (Wildman–Crippen MR) is 145 cm³/mol. The summed E-state index contributed by atoms with van der Waals surface area (Å²) in [6, 6.07) is 7.04. The van der Waals surface area contributed by atoms with Crippen molar-refractivity contribution in [1.82, 2.24) is 24.5 Å². The molecule has 5 atom stereocenters. The number of rotatable bonds is 4. The number of anilines is 2. The van der Waals surface area contributed by atoms with Gasteiger partial charge < -0.3 is 24.4 Å². The van der Waals surface area contributed by atoms with E-state index in [1.54, 1.807) is 4.68 Å². The molecular formula is C28H36N8O3. The minimum absolute atomic E-state index is 0.0881. The Morgan fingerprint density at radius 2 is 1.95 bits per heavy atom. The van der Waals surface area contributed by atoms with Gasteiger partial charge in [-0.15, -0.1) is 0 Å². The van der Waals surface area contributed by atoms with Crippen LogP contribution in [0.5, 0.6) is 0 Å². The van der Waals surface area contributed by atoms with Crippen LogP contribution in [0.4, 0.5) is 11.5 Å². The summed E-state index contributed by atoms with van der Waals surface area (Å²) in [4.78, 5) is 9.91. The Bertz CT molecular complexity index is 1400. The Morgan fingerprint density at radius 1 is 1.13 bits per heavy atom. The van der Waals surface area contributed by atoms with Crippen molar-refractivity contribution in [2.75, 3.05) is 36.2 Å². The molecular weight excluding hydrogens is 496 g/mol. The number of nitrogens with zero attached hydrogens (tertiary/aromatic N) is 8. The fourth-order valence-corrected chi connectivity index (χ4v) is 7.00. The zero-order valence-electron chi connectivity index (χ0n) is 22.7. The number of ether oxygens (including phenoxy) is 2. The minimum atomic E-state index is -0.704. The van der Waals surface area contributed by atoms with Crippen molar-refractivity contribution in [3.8, 4) is 11.9 Å². The molecule has 7 rings (SSSR count). The molecule has 11 heteroatoms. The van der Waals surface area contributed by atoms with E-state index in [0.717, 1.165) is 55.6 Å². The predicted octanol–water partition coefficient (Wildman–Crippen LogP) is 3.30. The molecule has 4 saturated heterocycles. The van der Waals surface area contributed by atoms with E-state index in [9.17, 15) is 10.4 Å². The second-order valence-electron chi connectivity index (χ2n) is 11.9. The van der Waals surface area contributed by atoms with Gasteiger partial charge in [-0.25, -0.2) is 9.67 Å². The maximum absolute atomic E-state index is 10.8. The molecule has 0 saturated carbocycles. The van der Waals surface area contributed by atoms with Crippen molar-refractivity contribution in [3.63, 3.8) is 0 Å². The molecule has 0 radical (unpaired) electrons. The topological polar surface area (TPSA) is 117 Å². The number of pyridine rings is 1. The number of morpholine rings is 1. The Hall–Kier alpha value is -3.20. The van der Waals surface area contributed by atoms with Gasteiger partial charge in [-0.2, -0.15) is 20.1 Å². The van der Waals surface area contributed by atoms with Gasteiger partial charge in [0.2, 0.25) is 0 Å². The summed E-state index contributed by atoms with van der Waals surface area (Å²) in [6.07, 6.45) is 8.41. The van der Waals surface area contributed by atoms with E-state index in [-0.39, 0.29) is 24.4 Å². The molecule has 4 aliphatic heterocycles. The largest absolute Gasteiger partial charge is 0.390 e. The van der Waals surface area contributed by atoms with Crippen LogP contribution in [0.25, 0.3) is 16.9 Å². The third kappa shape index (κ3) is 4.26. The van der Waals surface area contributed by atoms with Gasteiger partial charge in [0.25, 0.3) is 0 Å². The number of piperidine rings is 1. The van der Waals surface area contributed by atoms with Crippen molar-refractivity contribution in [2.24, 2.45) is 0 Å². The highest BCUT2D eigenvalue weighted by Gasteiger charge is 2.40. The van der Waals surface area contributed by atoms with Gasteiger partial charge in [0, 0.05) is 37.5 Å². The van der Waals surface area contributed by atoms with Gasteiger partial charge >= 0.3 is 0 Å². The smallest absolute Gasteiger partial charge is 0.177 e. The fraction of sp³-hybridized carbons (Fsp3) is 0.643. The average molecular weight is 533 g/mol. The van der Waals surface area contributed by atoms with Crippen LogP contribution in [0.1, 0.15) is 70.7 Å². The molecule has 0 spiro atoms. The fourth-order valence-electron chi connectivity index (χ4n) is 7.00. The van der Waals surface area contributed by atoms with E-state index in [1.807, 2.05) is 23.9 Å². The second kappa shape index (κ2) is 9.47. The lowest BCUT2D eigenvalue weighted by atomic mass is 9.88. The first-order chi connectivity index (χ1) is 18.9. The van der Waals surface area contributed by atoms with Gasteiger partial charge in [0.15, 0.2) is 17.2 Å². The molecule has 2 bridgehead atoms. The minimum Gasteiger partial charge on any atom is -0.390 e. The average Bonchev–Trinajstić information content (AvgIpc) is 3.62. The lowest BCUT2D eigenvalue weighted by molar-refractivity contribution is -0.0395. The van der Waals surface area contributed by atoms with Crippen molar-refractivity contribution >= 4 is 22.5 Å². The zero-order chi connectivity index (χ0) is 26.7. The number of hydrogen-bond acceptors (Lipinski definition) is 9. The molecule has 0 aromatic carbocycles. The van der Waals surface area contributed by atoms with Crippen LogP contribution in [-0.4, -0.2) is 79.7 Å². The first-order valence-corrected chi connectivity index (χ1v) is 14.3. The number of hydrogen-bond donors (Lipinski definition) is 1. The molecule has 4 fully saturated rings. The van der Waals surface area contributed by atoms with Gasteiger partial charge in [0.1, 0.15) is 18.1 Å². The van der Waals surface area contributed by atoms with Crippen molar-refractivity contribution in [3.05, 3.63) is 24.0 Å². The molecule has 1 N–H and O–H groups in total. The summed E-state index contributed by atoms with van der Waals surface area (Å²) in [5, 5.41) is 31.3. The van der Waals surface area contributed by atoms with Crippen LogP contribution in [0.2, 0.25) is 0 Å². The molecule has 206 valence electrons. The zero-order valence-corrected chi connectivity index (χ0v) is 22.7. The maximum Gasteiger partial charge on any atom is 0.177 e. The van der Waals surface area contributed by atoms with Crippen LogP contribution in [0, 0.1) is 11.3 Å². The van der Waals surface area contributed by atoms with Crippen LogP contribution in [0.3, 0.4) is 0 Å². The van der Waals surface area contributed by atoms with Crippen molar-refractivity contribution < 1.29 is 14.6 Å². The van der Waals surface area contributed by atoms with E-state index < -0.39 is 5.60 Å². The molecule has 4 aliphatic rings. The number of aromatic nitrogens is 5. The van der Waals surface area contributed by atoms with Crippen LogP contribution < -0.4 is 9.80 Å². The first kappa shape index (κ1) is 24.8. The lowest BCUT2D eigenvalue weighted by Gasteiger charge is -2.43. The summed E-state index contributed by atoms with van der Waals surface area (Å²) in [5.41, 5.74) is 1.20. The molecule has 39 heavy (non-hydrogen) atoms. The summed E-state index contributed by atoms with van der Waals surface area (Å²) < 4.78 is 15.4. The highest BCUT2D eigenvalue weighted by molar-refractivity contribution is 5.96. The van der Waals surface area contributed by atoms with Crippen molar-refractivity contribution in [2.45, 2.75) is 88.7 Å². The number of fused-ring (bicyclic) bond motifs is 3. The first-order valence-electron chi connectivity index (χ1n) is 14.3. The standard InChI is InChI=1S/C28H36N8O3/c1-18-14-28(2,37)9-11-33(18)22-13-24(35-19-6-7-20(35)17-38-16-19)30-27-26(22)21(15-29)31-36(27)23-8-10-34(32-23)25-5-3-4-12-39-25/h8,10,13,18-20,25,37H,3-7,9,11-12,14,16-17H2,1-2H3/t18-,19?,20?,25?,28?/m1/s1. The van der Waals surface area contributed by atoms with Crippen LogP contribution in [0.15, 0.2) is 18.3 Å². The van der Waals surface area contributed by atoms with Crippen LogP contribution >= 0.6 is 0 Å². The van der Waals surface area contributed by atoms with Gasteiger partial charge in [-0.1, -0.05) is 0 Å². The molecule has 0 amide bonds. The monoisotopic (exact) mass is 532 g/mol. The normalized spacial score (nSPS) is 31.1. The summed E-state index contributed by atoms with van der Waals surface area (Å²) in [6.45, 7) is 6.86. The van der Waals surface area contributed by atoms with Crippen molar-refractivity contribution in [1.29, 1.82) is 5.26 Å². The van der Waals surface area contributed by atoms with Gasteiger partial charge in [-0.05, 0) is 58.8 Å². The second-order valence-corrected chi connectivity index (χ2v) is 11.9. The molecule has 4 unspecified atom stereocenters. The summed E-state index contributed by atoms with van der Waals surface area (Å²) >= 11 is 0. The maximum atomic E-state index is 10.8. The molecule has 3 aromatic heterocycles. The third-order valence-corrected chi connectivity index (χ3v) is 8.94. The van der Waals surface area contributed by atoms with E-state index in [0.29, 0.717) is 49.8 Å². The van der Waals surface area contributed by atoms with Gasteiger partial charge in [0.05, 0.1) is 42.0 Å². The Morgan fingerprint density at radius 3 is 2.67 bits per heavy atom. The SMILES string of the molecule is C[C@@H]1CC(C)(O)CCN1c1cc(N2C3CCC2COC3)nc2c1c(C#N)nn2-c1ccn(C2CCCCO2)n1. The Labute approximate surface area is 227 Å². The summed E-state index contributed by atoms with van der Waals surface area (Å²) in [5.74, 6) is 1.50. The third-order valence-electron chi connectivity index (χ3n) is 8.94.